The zero-order valence-electron chi connectivity index (χ0n) is 29.2. The number of thiazole rings is 1. The molecule has 0 spiro atoms. The van der Waals surface area contributed by atoms with Crippen molar-refractivity contribution in [2.75, 3.05) is 20.2 Å². The van der Waals surface area contributed by atoms with Crippen LogP contribution in [0, 0.1) is 5.92 Å². The second kappa shape index (κ2) is 13.4. The van der Waals surface area contributed by atoms with Crippen molar-refractivity contribution in [1.29, 1.82) is 0 Å². The highest BCUT2D eigenvalue weighted by molar-refractivity contribution is 7.91. The van der Waals surface area contributed by atoms with Crippen LogP contribution in [0.5, 0.6) is 11.5 Å². The quantitative estimate of drug-likeness (QED) is 0.279. The number of nitrogens with zero attached hydrogens (tertiary/aromatic N) is 3. The van der Waals surface area contributed by atoms with Crippen LogP contribution in [0.4, 0.5) is 4.79 Å². The van der Waals surface area contributed by atoms with Gasteiger partial charge in [0.15, 0.2) is 0 Å². The number of aromatic nitrogens is 2. The molecule has 1 saturated heterocycles. The van der Waals surface area contributed by atoms with Gasteiger partial charge in [0.2, 0.25) is 15.9 Å². The number of sulfonamides is 1. The van der Waals surface area contributed by atoms with E-state index >= 15 is 0 Å². The van der Waals surface area contributed by atoms with Crippen molar-refractivity contribution in [2.24, 2.45) is 5.92 Å². The summed E-state index contributed by atoms with van der Waals surface area (Å²) >= 11 is 1.50. The molecule has 0 radical (unpaired) electrons. The van der Waals surface area contributed by atoms with E-state index in [9.17, 15) is 22.8 Å². The molecular formula is C36H44N6O7S2. The fourth-order valence-corrected chi connectivity index (χ4v) is 8.98. The van der Waals surface area contributed by atoms with Gasteiger partial charge in [-0.2, -0.15) is 0 Å². The van der Waals surface area contributed by atoms with Gasteiger partial charge in [-0.3, -0.25) is 14.3 Å². The van der Waals surface area contributed by atoms with Crippen LogP contribution in [-0.4, -0.2) is 83.8 Å². The predicted octanol–water partition coefficient (Wildman–Crippen LogP) is 4.64. The van der Waals surface area contributed by atoms with Gasteiger partial charge < -0.3 is 25.0 Å². The summed E-state index contributed by atoms with van der Waals surface area (Å²) in [5, 5.41) is 9.34. The third-order valence-electron chi connectivity index (χ3n) is 10.5. The topological polar surface area (TPSA) is 169 Å². The molecular weight excluding hydrogens is 693 g/mol. The molecule has 2 aliphatic heterocycles. The first kappa shape index (κ1) is 35.2. The molecule has 0 unspecified atom stereocenters. The maximum absolute atomic E-state index is 14.1. The van der Waals surface area contributed by atoms with Gasteiger partial charge in [-0.1, -0.05) is 26.0 Å². The zero-order valence-corrected chi connectivity index (χ0v) is 30.9. The lowest BCUT2D eigenvalue weighted by atomic mass is 10.1. The predicted molar refractivity (Wildman–Crippen MR) is 193 cm³/mol. The average Bonchev–Trinajstić information content (AvgIpc) is 3.86. The molecule has 3 fully saturated rings. The van der Waals surface area contributed by atoms with E-state index in [0.29, 0.717) is 42.1 Å². The highest BCUT2D eigenvalue weighted by Crippen LogP contribution is 2.47. The van der Waals surface area contributed by atoms with E-state index in [4.69, 9.17) is 19.4 Å². The Balaban J connectivity index is 1.18. The van der Waals surface area contributed by atoms with Gasteiger partial charge in [0.25, 0.3) is 5.91 Å². The Bertz CT molecular complexity index is 2010. The molecule has 0 bridgehead atoms. The van der Waals surface area contributed by atoms with Gasteiger partial charge in [0, 0.05) is 41.8 Å². The van der Waals surface area contributed by atoms with Crippen molar-refractivity contribution in [3.63, 3.8) is 0 Å². The third-order valence-corrected chi connectivity index (χ3v) is 13.5. The van der Waals surface area contributed by atoms with Crippen molar-refractivity contribution in [1.82, 2.24) is 30.2 Å². The molecule has 13 nitrogen and oxygen atoms in total. The Kier molecular flexibility index (Phi) is 9.23. The fourth-order valence-electron chi connectivity index (χ4n) is 6.73. The molecule has 4 amide bonds. The van der Waals surface area contributed by atoms with Crippen LogP contribution >= 0.6 is 11.3 Å². The van der Waals surface area contributed by atoms with Crippen LogP contribution < -0.4 is 24.8 Å². The zero-order chi connectivity index (χ0) is 36.1. The SMILES string of the molecule is COc1ccc2c(O[C@@H]3C[C@H]4C(=O)N[C@]5(C(=O)NS(=O)(=O)C6(C)CC6)C[C@@H]5/C=C\CCCCNC(=O)N4C3)cc(-c3nc(C(C)C)cs3)nc2c1. The highest BCUT2D eigenvalue weighted by atomic mass is 32.2. The summed E-state index contributed by atoms with van der Waals surface area (Å²) in [7, 11) is -2.34. The summed E-state index contributed by atoms with van der Waals surface area (Å²) in [6.07, 6.45) is 6.89. The Labute approximate surface area is 301 Å². The van der Waals surface area contributed by atoms with Crippen molar-refractivity contribution >= 4 is 50.1 Å². The minimum absolute atomic E-state index is 0.114. The molecule has 1 aromatic carbocycles. The summed E-state index contributed by atoms with van der Waals surface area (Å²) in [4.78, 5) is 52.5. The summed E-state index contributed by atoms with van der Waals surface area (Å²) in [5.41, 5.74) is 0.803. The number of nitrogens with one attached hydrogen (secondary N) is 3. The summed E-state index contributed by atoms with van der Waals surface area (Å²) in [6.45, 7) is 6.33. The van der Waals surface area contributed by atoms with Gasteiger partial charge in [0.05, 0.1) is 29.6 Å². The maximum Gasteiger partial charge on any atom is 0.318 e. The largest absolute Gasteiger partial charge is 0.497 e. The first-order valence-electron chi connectivity index (χ1n) is 17.5. The second-order valence-electron chi connectivity index (χ2n) is 14.6. The lowest BCUT2D eigenvalue weighted by Crippen LogP contribution is -2.57. The number of carbonyl (C=O) groups excluding carboxylic acids is 3. The van der Waals surface area contributed by atoms with E-state index < -0.39 is 50.3 Å². The van der Waals surface area contributed by atoms with E-state index in [2.05, 4.69) is 29.2 Å². The molecule has 2 aliphatic carbocycles. The first-order chi connectivity index (χ1) is 24.3. The van der Waals surface area contributed by atoms with Crippen LogP contribution in [0.15, 0.2) is 41.8 Å². The Morgan fingerprint density at radius 3 is 2.69 bits per heavy atom. The van der Waals surface area contributed by atoms with Crippen LogP contribution in [0.2, 0.25) is 0 Å². The molecule has 4 aliphatic rings. The van der Waals surface area contributed by atoms with E-state index in [0.717, 1.165) is 35.4 Å². The van der Waals surface area contributed by atoms with E-state index in [1.165, 1.54) is 16.2 Å². The van der Waals surface area contributed by atoms with Crippen LogP contribution in [-0.2, 0) is 19.6 Å². The number of methoxy groups -OCH3 is 1. The molecule has 3 N–H and O–H groups in total. The average molecular weight is 737 g/mol. The Hall–Kier alpha value is -4.24. The molecule has 2 saturated carbocycles. The maximum atomic E-state index is 14.1. The fraction of sp³-hybridized carbons (Fsp3) is 0.528. The van der Waals surface area contributed by atoms with E-state index in [1.54, 1.807) is 14.0 Å². The molecule has 2 aromatic heterocycles. The number of benzene rings is 1. The number of fused-ring (bicyclic) bond motifs is 3. The lowest BCUT2D eigenvalue weighted by Gasteiger charge is -2.27. The Morgan fingerprint density at radius 1 is 1.16 bits per heavy atom. The normalized spacial score (nSPS) is 26.7. The smallest absolute Gasteiger partial charge is 0.318 e. The van der Waals surface area contributed by atoms with Crippen LogP contribution in [0.3, 0.4) is 0 Å². The molecule has 3 aromatic rings. The van der Waals surface area contributed by atoms with Gasteiger partial charge in [0.1, 0.15) is 39.9 Å². The molecule has 4 atom stereocenters. The number of urea groups is 1. The molecule has 4 heterocycles. The number of pyridine rings is 1. The van der Waals surface area contributed by atoms with Crippen molar-refractivity contribution in [3.8, 4) is 22.2 Å². The van der Waals surface area contributed by atoms with Crippen LogP contribution in [0.25, 0.3) is 21.6 Å². The number of rotatable bonds is 8. The minimum atomic E-state index is -3.93. The number of hydrogen-bond acceptors (Lipinski definition) is 10. The van der Waals surface area contributed by atoms with Crippen molar-refractivity contribution in [3.05, 3.63) is 47.5 Å². The molecule has 7 rings (SSSR count). The molecule has 15 heteroatoms. The number of hydrogen-bond donors (Lipinski definition) is 3. The number of allylic oxidation sites excluding steroid dienone is 1. The van der Waals surface area contributed by atoms with Gasteiger partial charge in [-0.25, -0.2) is 23.2 Å². The third kappa shape index (κ3) is 6.89. The minimum Gasteiger partial charge on any atom is -0.497 e. The van der Waals surface area contributed by atoms with Crippen molar-refractivity contribution < 1.29 is 32.3 Å². The van der Waals surface area contributed by atoms with E-state index in [-0.39, 0.29) is 31.2 Å². The van der Waals surface area contributed by atoms with E-state index in [1.807, 2.05) is 41.8 Å². The van der Waals surface area contributed by atoms with Crippen LogP contribution in [0.1, 0.15) is 77.3 Å². The first-order valence-corrected chi connectivity index (χ1v) is 19.9. The summed E-state index contributed by atoms with van der Waals surface area (Å²) < 4.78 is 39.5. The summed E-state index contributed by atoms with van der Waals surface area (Å²) in [6, 6.07) is 5.99. The standard InChI is InChI=1S/C36H44N6O7S2/c1-21(2)28-20-50-32(39-28)27-17-30(25-11-10-23(48-4)15-26(25)38-27)49-24-16-29-31(43)40-36(33(44)41-51(46,47)35(3)12-13-35)18-22(36)9-7-5-6-8-14-37-34(45)42(29)19-24/h7,9-11,15,17,20-22,24,29H,5-6,8,12-14,16,18-19H2,1-4H3,(H,37,45)(H,40,43)(H,41,44)/b9-7-/t22-,24+,29-,36+/m0/s1. The van der Waals surface area contributed by atoms with Crippen molar-refractivity contribution in [2.45, 2.75) is 94.1 Å². The molecule has 51 heavy (non-hydrogen) atoms. The van der Waals surface area contributed by atoms with Gasteiger partial charge in [-0.15, -0.1) is 11.3 Å². The van der Waals surface area contributed by atoms with Gasteiger partial charge >= 0.3 is 6.03 Å². The number of amides is 4. The highest BCUT2D eigenvalue weighted by Gasteiger charge is 2.63. The number of ether oxygens (including phenoxy) is 2. The summed E-state index contributed by atoms with van der Waals surface area (Å²) in [5.74, 6) is -0.248. The number of carbonyl (C=O) groups is 3. The van der Waals surface area contributed by atoms with Gasteiger partial charge in [-0.05, 0) is 63.5 Å². The monoisotopic (exact) mass is 736 g/mol. The Morgan fingerprint density at radius 2 is 1.96 bits per heavy atom. The molecule has 272 valence electrons. The lowest BCUT2D eigenvalue weighted by molar-refractivity contribution is -0.131. The second-order valence-corrected chi connectivity index (χ2v) is 17.6.